The smallest absolute Gasteiger partial charge is 0.324 e. The zero-order valence-corrected chi connectivity index (χ0v) is 11.2. The van der Waals surface area contributed by atoms with Crippen LogP contribution in [0.3, 0.4) is 0 Å². The van der Waals surface area contributed by atoms with Crippen molar-refractivity contribution in [2.45, 2.75) is 26.2 Å². The number of hydrogen-bond acceptors (Lipinski definition) is 3. The standard InChI is InChI=1S/C14H16N3O2/c1-14(2,3)11-9-12(17-19-11)16-13(18)15-10-7-5-4-6-8-10/h5-9H,1-3H3,(H2,15,16,17,18). The third-order valence-electron chi connectivity index (χ3n) is 2.47. The Labute approximate surface area is 112 Å². The molecule has 99 valence electrons. The molecule has 0 unspecified atom stereocenters. The number of carbonyl (C=O) groups excluding carboxylic acids is 1. The minimum absolute atomic E-state index is 0.140. The minimum atomic E-state index is -0.361. The van der Waals surface area contributed by atoms with E-state index in [0.717, 1.165) is 5.76 Å². The molecule has 1 aromatic heterocycles. The summed E-state index contributed by atoms with van der Waals surface area (Å²) in [7, 11) is 0. The van der Waals surface area contributed by atoms with Gasteiger partial charge in [-0.15, -0.1) is 0 Å². The molecule has 5 heteroatoms. The number of anilines is 2. The Kier molecular flexibility index (Phi) is 3.55. The minimum Gasteiger partial charge on any atom is -0.359 e. The van der Waals surface area contributed by atoms with E-state index in [2.05, 4.69) is 21.9 Å². The average Bonchev–Trinajstić information content (AvgIpc) is 2.78. The molecule has 1 heterocycles. The maximum atomic E-state index is 11.7. The van der Waals surface area contributed by atoms with E-state index in [4.69, 9.17) is 4.52 Å². The van der Waals surface area contributed by atoms with Gasteiger partial charge in [-0.2, -0.15) is 0 Å². The first-order valence-corrected chi connectivity index (χ1v) is 5.96. The molecule has 0 aliphatic carbocycles. The van der Waals surface area contributed by atoms with Gasteiger partial charge in [-0.1, -0.05) is 38.1 Å². The van der Waals surface area contributed by atoms with E-state index >= 15 is 0 Å². The fourth-order valence-corrected chi connectivity index (χ4v) is 1.44. The number of hydrogen-bond donors (Lipinski definition) is 2. The third kappa shape index (κ3) is 3.58. The van der Waals surface area contributed by atoms with Crippen LogP contribution in [0, 0.1) is 6.07 Å². The first-order chi connectivity index (χ1) is 8.95. The van der Waals surface area contributed by atoms with Crippen LogP contribution in [0.4, 0.5) is 16.3 Å². The number of rotatable bonds is 2. The second kappa shape index (κ2) is 5.14. The van der Waals surface area contributed by atoms with Crippen LogP contribution in [0.2, 0.25) is 0 Å². The van der Waals surface area contributed by atoms with Gasteiger partial charge >= 0.3 is 6.03 Å². The Morgan fingerprint density at radius 3 is 2.53 bits per heavy atom. The normalized spacial score (nSPS) is 11.1. The van der Waals surface area contributed by atoms with Crippen molar-refractivity contribution in [1.82, 2.24) is 5.16 Å². The number of urea groups is 1. The van der Waals surface area contributed by atoms with Crippen LogP contribution in [-0.4, -0.2) is 11.2 Å². The summed E-state index contributed by atoms with van der Waals surface area (Å²) in [6.07, 6.45) is 0. The molecule has 0 saturated carbocycles. The van der Waals surface area contributed by atoms with Gasteiger partial charge in [-0.05, 0) is 18.2 Å². The van der Waals surface area contributed by atoms with E-state index in [1.807, 2.05) is 20.8 Å². The van der Waals surface area contributed by atoms with Crippen LogP contribution in [0.5, 0.6) is 0 Å². The molecule has 2 aromatic rings. The van der Waals surface area contributed by atoms with Crippen molar-refractivity contribution < 1.29 is 9.32 Å². The zero-order valence-electron chi connectivity index (χ0n) is 11.2. The van der Waals surface area contributed by atoms with Crippen molar-refractivity contribution in [2.24, 2.45) is 0 Å². The van der Waals surface area contributed by atoms with Crippen molar-refractivity contribution in [3.8, 4) is 0 Å². The number of nitrogens with one attached hydrogen (secondary N) is 2. The fraction of sp³-hybridized carbons (Fsp3) is 0.286. The molecule has 2 rings (SSSR count). The molecule has 0 aliphatic heterocycles. The Bertz CT molecular complexity index is 556. The highest BCUT2D eigenvalue weighted by Gasteiger charge is 2.20. The molecule has 0 fully saturated rings. The summed E-state index contributed by atoms with van der Waals surface area (Å²) in [5.74, 6) is 1.11. The highest BCUT2D eigenvalue weighted by atomic mass is 16.5. The van der Waals surface area contributed by atoms with Gasteiger partial charge in [-0.25, -0.2) is 4.79 Å². The van der Waals surface area contributed by atoms with E-state index in [1.165, 1.54) is 0 Å². The monoisotopic (exact) mass is 258 g/mol. The van der Waals surface area contributed by atoms with Gasteiger partial charge in [0.25, 0.3) is 0 Å². The van der Waals surface area contributed by atoms with Crippen molar-refractivity contribution in [1.29, 1.82) is 0 Å². The van der Waals surface area contributed by atoms with Crippen LogP contribution in [-0.2, 0) is 5.41 Å². The van der Waals surface area contributed by atoms with Gasteiger partial charge < -0.3 is 9.84 Å². The molecule has 19 heavy (non-hydrogen) atoms. The average molecular weight is 258 g/mol. The summed E-state index contributed by atoms with van der Waals surface area (Å²) in [5.41, 5.74) is 0.550. The Morgan fingerprint density at radius 2 is 1.95 bits per heavy atom. The van der Waals surface area contributed by atoms with Crippen molar-refractivity contribution in [3.05, 3.63) is 42.2 Å². The van der Waals surface area contributed by atoms with E-state index in [0.29, 0.717) is 11.5 Å². The van der Waals surface area contributed by atoms with E-state index < -0.39 is 0 Å². The quantitative estimate of drug-likeness (QED) is 0.867. The SMILES string of the molecule is CC(C)(C)c1cc(NC(=O)Nc2cc[c]cc2)no1. The van der Waals surface area contributed by atoms with Crippen LogP contribution in [0.15, 0.2) is 34.9 Å². The highest BCUT2D eigenvalue weighted by Crippen LogP contribution is 2.24. The second-order valence-electron chi connectivity index (χ2n) is 5.19. The molecule has 1 radical (unpaired) electrons. The predicted molar refractivity (Wildman–Crippen MR) is 73.1 cm³/mol. The van der Waals surface area contributed by atoms with Crippen LogP contribution in [0.25, 0.3) is 0 Å². The maximum absolute atomic E-state index is 11.7. The van der Waals surface area contributed by atoms with Gasteiger partial charge in [-0.3, -0.25) is 5.32 Å². The molecule has 0 saturated heterocycles. The number of nitrogens with zero attached hydrogens (tertiary/aromatic N) is 1. The molecule has 2 N–H and O–H groups in total. The number of carbonyl (C=O) groups is 1. The number of aromatic nitrogens is 1. The topological polar surface area (TPSA) is 67.2 Å². The molecule has 0 spiro atoms. The third-order valence-corrected chi connectivity index (χ3v) is 2.47. The first kappa shape index (κ1) is 13.1. The molecular formula is C14H16N3O2. The van der Waals surface area contributed by atoms with E-state index in [1.54, 1.807) is 30.3 Å². The summed E-state index contributed by atoms with van der Waals surface area (Å²) in [4.78, 5) is 11.7. The lowest BCUT2D eigenvalue weighted by Gasteiger charge is -2.12. The van der Waals surface area contributed by atoms with Gasteiger partial charge in [0, 0.05) is 17.2 Å². The van der Waals surface area contributed by atoms with Crippen molar-refractivity contribution in [3.63, 3.8) is 0 Å². The Morgan fingerprint density at radius 1 is 1.26 bits per heavy atom. The largest absolute Gasteiger partial charge is 0.359 e. The molecule has 5 nitrogen and oxygen atoms in total. The Hall–Kier alpha value is -2.30. The van der Waals surface area contributed by atoms with Crippen molar-refractivity contribution >= 4 is 17.5 Å². The molecule has 0 bridgehead atoms. The predicted octanol–water partition coefficient (Wildman–Crippen LogP) is 3.42. The van der Waals surface area contributed by atoms with Gasteiger partial charge in [0.2, 0.25) is 0 Å². The van der Waals surface area contributed by atoms with Gasteiger partial charge in [0.15, 0.2) is 5.82 Å². The summed E-state index contributed by atoms with van der Waals surface area (Å²) in [6, 6.07) is 11.2. The summed E-state index contributed by atoms with van der Waals surface area (Å²) >= 11 is 0. The van der Waals surface area contributed by atoms with Crippen molar-refractivity contribution in [2.75, 3.05) is 10.6 Å². The summed E-state index contributed by atoms with van der Waals surface area (Å²) in [6.45, 7) is 6.04. The summed E-state index contributed by atoms with van der Waals surface area (Å²) in [5, 5.41) is 9.12. The lowest BCUT2D eigenvalue weighted by Crippen LogP contribution is -2.19. The van der Waals surface area contributed by atoms with E-state index in [-0.39, 0.29) is 11.4 Å². The van der Waals surface area contributed by atoms with E-state index in [9.17, 15) is 4.79 Å². The zero-order chi connectivity index (χ0) is 13.9. The molecule has 2 amide bonds. The van der Waals surface area contributed by atoms with Gasteiger partial charge in [0.1, 0.15) is 5.76 Å². The lowest BCUT2D eigenvalue weighted by molar-refractivity contribution is 0.262. The number of benzene rings is 1. The van der Waals surface area contributed by atoms with Gasteiger partial charge in [0.05, 0.1) is 0 Å². The Balaban J connectivity index is 1.98. The van der Waals surface area contributed by atoms with Crippen LogP contribution < -0.4 is 10.6 Å². The molecule has 0 atom stereocenters. The lowest BCUT2D eigenvalue weighted by atomic mass is 9.93. The summed E-state index contributed by atoms with van der Waals surface area (Å²) < 4.78 is 5.18. The van der Waals surface area contributed by atoms with Crippen LogP contribution in [0.1, 0.15) is 26.5 Å². The first-order valence-electron chi connectivity index (χ1n) is 5.96. The maximum Gasteiger partial charge on any atom is 0.324 e. The number of amides is 2. The molecule has 1 aromatic carbocycles. The highest BCUT2D eigenvalue weighted by molar-refractivity contribution is 5.99. The molecule has 0 aliphatic rings. The fourth-order valence-electron chi connectivity index (χ4n) is 1.44. The molecular weight excluding hydrogens is 242 g/mol. The van der Waals surface area contributed by atoms with Crippen LogP contribution >= 0.6 is 0 Å². The second-order valence-corrected chi connectivity index (χ2v) is 5.19.